The molecule has 15 heavy (non-hydrogen) atoms. The van der Waals surface area contributed by atoms with E-state index in [9.17, 15) is 8.42 Å². The highest BCUT2D eigenvalue weighted by Gasteiger charge is 2.08. The van der Waals surface area contributed by atoms with Crippen molar-refractivity contribution in [1.29, 1.82) is 0 Å². The molecule has 1 aromatic heterocycles. The van der Waals surface area contributed by atoms with Crippen LogP contribution in [0.4, 0.5) is 5.82 Å². The Morgan fingerprint density at radius 1 is 1.40 bits per heavy atom. The highest BCUT2D eigenvalue weighted by atomic mass is 32.2. The number of sulfonamides is 1. The number of nitrogens with zero attached hydrogens (tertiary/aromatic N) is 1. The van der Waals surface area contributed by atoms with Crippen LogP contribution in [0.1, 0.15) is 17.5 Å². The molecule has 0 aromatic carbocycles. The second-order valence-electron chi connectivity index (χ2n) is 3.17. The molecule has 0 fully saturated rings. The zero-order valence-electron chi connectivity index (χ0n) is 8.30. The monoisotopic (exact) mass is 232 g/mol. The van der Waals surface area contributed by atoms with E-state index in [1.165, 1.54) is 12.1 Å². The second-order valence-corrected chi connectivity index (χ2v) is 4.92. The summed E-state index contributed by atoms with van der Waals surface area (Å²) in [5.74, 6) is 0.0700. The Bertz CT molecular complexity index is 456. The maximum Gasteiger partial charge on any atom is 0.230 e. The van der Waals surface area contributed by atoms with Gasteiger partial charge >= 0.3 is 0 Å². The first-order valence-corrected chi connectivity index (χ1v) is 5.99. The molecule has 0 aliphatic carbocycles. The average molecular weight is 232 g/mol. The molecule has 0 bridgehead atoms. The maximum absolute atomic E-state index is 10.9. The normalized spacial score (nSPS) is 11.8. The van der Waals surface area contributed by atoms with Crippen LogP contribution >= 0.6 is 0 Å². The van der Waals surface area contributed by atoms with Gasteiger partial charge in [0.15, 0.2) is 6.29 Å². The molecule has 0 saturated carbocycles. The third-order valence-electron chi connectivity index (χ3n) is 1.56. The largest absolute Gasteiger partial charge is 0.364 e. The lowest BCUT2D eigenvalue weighted by atomic mass is 10.2. The van der Waals surface area contributed by atoms with Gasteiger partial charge in [0.25, 0.3) is 0 Å². The van der Waals surface area contributed by atoms with Gasteiger partial charge in [-0.15, -0.1) is 0 Å². The predicted molar refractivity (Wildman–Crippen MR) is 54.6 cm³/mol. The molecule has 0 radical (unpaired) electrons. The SMILES string of the molecule is Cc1cc(C(O)O)cc(NS(C)(=O)=O)n1. The smallest absolute Gasteiger partial charge is 0.230 e. The molecule has 7 heteroatoms. The van der Waals surface area contributed by atoms with Crippen molar-refractivity contribution in [3.05, 3.63) is 23.4 Å². The summed E-state index contributed by atoms with van der Waals surface area (Å²) in [4.78, 5) is 3.89. The van der Waals surface area contributed by atoms with Crippen LogP contribution in [0.2, 0.25) is 0 Å². The van der Waals surface area contributed by atoms with Gasteiger partial charge in [0.1, 0.15) is 5.82 Å². The van der Waals surface area contributed by atoms with Crippen LogP contribution in [0.25, 0.3) is 0 Å². The molecule has 1 aromatic rings. The van der Waals surface area contributed by atoms with Gasteiger partial charge in [0, 0.05) is 11.3 Å². The van der Waals surface area contributed by atoms with Crippen LogP contribution in [0.5, 0.6) is 0 Å². The van der Waals surface area contributed by atoms with Gasteiger partial charge in [-0.1, -0.05) is 0 Å². The summed E-state index contributed by atoms with van der Waals surface area (Å²) in [5, 5.41) is 17.8. The van der Waals surface area contributed by atoms with Gasteiger partial charge in [-0.2, -0.15) is 0 Å². The van der Waals surface area contributed by atoms with Gasteiger partial charge in [-0.05, 0) is 19.1 Å². The fourth-order valence-corrected chi connectivity index (χ4v) is 1.57. The molecule has 0 aliphatic rings. The maximum atomic E-state index is 10.9. The molecule has 3 N–H and O–H groups in total. The number of hydrogen-bond donors (Lipinski definition) is 3. The molecule has 0 spiro atoms. The number of hydrogen-bond acceptors (Lipinski definition) is 5. The molecule has 84 valence electrons. The molecule has 0 atom stereocenters. The quantitative estimate of drug-likeness (QED) is 0.624. The van der Waals surface area contributed by atoms with Crippen LogP contribution in [0.3, 0.4) is 0 Å². The minimum Gasteiger partial charge on any atom is -0.364 e. The number of aliphatic hydroxyl groups is 2. The predicted octanol–water partition coefficient (Wildman–Crippen LogP) is -0.255. The Balaban J connectivity index is 3.10. The van der Waals surface area contributed by atoms with E-state index in [0.29, 0.717) is 5.69 Å². The van der Waals surface area contributed by atoms with E-state index < -0.39 is 16.3 Å². The first-order chi connectivity index (χ1) is 6.78. The van der Waals surface area contributed by atoms with E-state index in [-0.39, 0.29) is 11.4 Å². The lowest BCUT2D eigenvalue weighted by Crippen LogP contribution is -2.12. The van der Waals surface area contributed by atoms with Crippen LogP contribution in [-0.4, -0.2) is 29.9 Å². The summed E-state index contributed by atoms with van der Waals surface area (Å²) < 4.78 is 24.0. The van der Waals surface area contributed by atoms with E-state index in [4.69, 9.17) is 10.2 Å². The van der Waals surface area contributed by atoms with Gasteiger partial charge < -0.3 is 10.2 Å². The summed E-state index contributed by atoms with van der Waals surface area (Å²) in [6.45, 7) is 1.62. The van der Waals surface area contributed by atoms with Crippen molar-refractivity contribution >= 4 is 15.8 Å². The Kier molecular flexibility index (Phi) is 3.28. The van der Waals surface area contributed by atoms with Crippen LogP contribution in [-0.2, 0) is 10.0 Å². The Labute approximate surface area is 87.6 Å². The highest BCUT2D eigenvalue weighted by Crippen LogP contribution is 2.16. The van der Waals surface area contributed by atoms with Crippen molar-refractivity contribution in [2.75, 3.05) is 11.0 Å². The lowest BCUT2D eigenvalue weighted by molar-refractivity contribution is -0.0425. The average Bonchev–Trinajstić information content (AvgIpc) is 1.99. The summed E-state index contributed by atoms with van der Waals surface area (Å²) in [6, 6.07) is 2.72. The molecular weight excluding hydrogens is 220 g/mol. The third-order valence-corrected chi connectivity index (χ3v) is 2.14. The fraction of sp³-hybridized carbons (Fsp3) is 0.375. The third kappa shape index (κ3) is 3.82. The van der Waals surface area contributed by atoms with Crippen LogP contribution in [0, 0.1) is 6.92 Å². The number of rotatable bonds is 3. The van der Waals surface area contributed by atoms with Crippen molar-refractivity contribution < 1.29 is 18.6 Å². The molecule has 1 heterocycles. The van der Waals surface area contributed by atoms with Crippen LogP contribution in [0.15, 0.2) is 12.1 Å². The molecular formula is C8H12N2O4S. The number of aliphatic hydroxyl groups excluding tert-OH is 1. The van der Waals surface area contributed by atoms with E-state index in [1.54, 1.807) is 6.92 Å². The summed E-state index contributed by atoms with van der Waals surface area (Å²) in [5.41, 5.74) is 0.681. The number of nitrogens with one attached hydrogen (secondary N) is 1. The Morgan fingerprint density at radius 2 is 2.00 bits per heavy atom. The molecule has 0 unspecified atom stereocenters. The topological polar surface area (TPSA) is 99.5 Å². The number of aromatic nitrogens is 1. The summed E-state index contributed by atoms with van der Waals surface area (Å²) in [7, 11) is -3.41. The first kappa shape index (κ1) is 11.9. The Morgan fingerprint density at radius 3 is 2.47 bits per heavy atom. The standard InChI is InChI=1S/C8H12N2O4S/c1-5-3-6(8(11)12)4-7(9-5)10-15(2,13)14/h3-4,8,11-12H,1-2H3,(H,9,10). The summed E-state index contributed by atoms with van der Waals surface area (Å²) in [6.07, 6.45) is -0.654. The first-order valence-electron chi connectivity index (χ1n) is 4.10. The molecule has 1 rings (SSSR count). The molecule has 0 aliphatic heterocycles. The van der Waals surface area contributed by atoms with Crippen LogP contribution < -0.4 is 4.72 Å². The van der Waals surface area contributed by atoms with E-state index in [1.807, 2.05) is 0 Å². The van der Waals surface area contributed by atoms with Crippen molar-refractivity contribution in [3.63, 3.8) is 0 Å². The Hall–Kier alpha value is -1.18. The molecule has 0 amide bonds. The molecule has 6 nitrogen and oxygen atoms in total. The van der Waals surface area contributed by atoms with E-state index in [0.717, 1.165) is 6.26 Å². The number of pyridine rings is 1. The number of aryl methyl sites for hydroxylation is 1. The van der Waals surface area contributed by atoms with Gasteiger partial charge in [-0.3, -0.25) is 4.72 Å². The van der Waals surface area contributed by atoms with Gasteiger partial charge in [0.05, 0.1) is 6.26 Å². The van der Waals surface area contributed by atoms with Crippen molar-refractivity contribution in [2.24, 2.45) is 0 Å². The van der Waals surface area contributed by atoms with E-state index >= 15 is 0 Å². The summed E-state index contributed by atoms with van der Waals surface area (Å²) >= 11 is 0. The fourth-order valence-electron chi connectivity index (χ4n) is 1.09. The highest BCUT2D eigenvalue weighted by molar-refractivity contribution is 7.92. The van der Waals surface area contributed by atoms with Gasteiger partial charge in [0.2, 0.25) is 10.0 Å². The second kappa shape index (κ2) is 4.13. The van der Waals surface area contributed by atoms with Gasteiger partial charge in [-0.25, -0.2) is 13.4 Å². The minimum atomic E-state index is -3.41. The van der Waals surface area contributed by atoms with Crippen molar-refractivity contribution in [2.45, 2.75) is 13.2 Å². The molecule has 0 saturated heterocycles. The lowest BCUT2D eigenvalue weighted by Gasteiger charge is -2.08. The minimum absolute atomic E-state index is 0.0700. The van der Waals surface area contributed by atoms with E-state index in [2.05, 4.69) is 9.71 Å². The van der Waals surface area contributed by atoms with Crippen molar-refractivity contribution in [3.8, 4) is 0 Å². The van der Waals surface area contributed by atoms with Crippen molar-refractivity contribution in [1.82, 2.24) is 4.98 Å². The zero-order chi connectivity index (χ0) is 11.6. The zero-order valence-corrected chi connectivity index (χ0v) is 9.11. The number of anilines is 1.